The summed E-state index contributed by atoms with van der Waals surface area (Å²) in [7, 11) is 1.64. The first kappa shape index (κ1) is 19.6. The maximum atomic E-state index is 5.75. The number of hydrogen-bond acceptors (Lipinski definition) is 4. The first-order valence-electron chi connectivity index (χ1n) is 8.29. The van der Waals surface area contributed by atoms with Gasteiger partial charge in [0.05, 0.1) is 13.2 Å². The summed E-state index contributed by atoms with van der Waals surface area (Å²) in [5.74, 6) is 2.34. The van der Waals surface area contributed by atoms with Crippen LogP contribution in [0.5, 0.6) is 17.2 Å². The predicted molar refractivity (Wildman–Crippen MR) is 109 cm³/mol. The van der Waals surface area contributed by atoms with E-state index in [4.69, 9.17) is 26.4 Å². The van der Waals surface area contributed by atoms with Crippen molar-refractivity contribution >= 4 is 23.0 Å². The molecule has 1 atom stereocenters. The zero-order chi connectivity index (χ0) is 18.8. The quantitative estimate of drug-likeness (QED) is 0.512. The van der Waals surface area contributed by atoms with Gasteiger partial charge in [-0.15, -0.1) is 0 Å². The number of rotatable bonds is 9. The van der Waals surface area contributed by atoms with Crippen LogP contribution >= 0.6 is 12.2 Å². The Bertz CT molecular complexity index is 719. The Morgan fingerprint density at radius 2 is 1.85 bits per heavy atom. The van der Waals surface area contributed by atoms with Gasteiger partial charge in [-0.3, -0.25) is 0 Å². The SMILES string of the molecule is C=CCOc1cccc(NC(=S)N[C@H](C)COc2ccc(OC)cc2)c1. The molecular weight excluding hydrogens is 348 g/mol. The van der Waals surface area contributed by atoms with Crippen LogP contribution in [0.4, 0.5) is 5.69 Å². The van der Waals surface area contributed by atoms with Gasteiger partial charge in [-0.25, -0.2) is 0 Å². The van der Waals surface area contributed by atoms with E-state index in [-0.39, 0.29) is 6.04 Å². The van der Waals surface area contributed by atoms with E-state index >= 15 is 0 Å². The number of ether oxygens (including phenoxy) is 3. The van der Waals surface area contributed by atoms with Gasteiger partial charge in [0.15, 0.2) is 5.11 Å². The summed E-state index contributed by atoms with van der Waals surface area (Å²) in [6.07, 6.45) is 1.71. The third-order valence-corrected chi connectivity index (χ3v) is 3.62. The van der Waals surface area contributed by atoms with Crippen molar-refractivity contribution in [3.8, 4) is 17.2 Å². The Kier molecular flexibility index (Phi) is 7.76. The van der Waals surface area contributed by atoms with Gasteiger partial charge >= 0.3 is 0 Å². The number of nitrogens with one attached hydrogen (secondary N) is 2. The molecule has 2 aromatic rings. The second-order valence-electron chi connectivity index (χ2n) is 5.61. The predicted octanol–water partition coefficient (Wildman–Crippen LogP) is 4.01. The minimum absolute atomic E-state index is 0.0392. The molecule has 0 spiro atoms. The van der Waals surface area contributed by atoms with Crippen LogP contribution in [0.2, 0.25) is 0 Å². The van der Waals surface area contributed by atoms with Gasteiger partial charge in [0, 0.05) is 11.8 Å². The summed E-state index contributed by atoms with van der Waals surface area (Å²) in [6.45, 7) is 6.59. The lowest BCUT2D eigenvalue weighted by Crippen LogP contribution is -2.39. The van der Waals surface area contributed by atoms with Gasteiger partial charge in [-0.2, -0.15) is 0 Å². The molecule has 26 heavy (non-hydrogen) atoms. The number of benzene rings is 2. The van der Waals surface area contributed by atoms with E-state index in [1.165, 1.54) is 0 Å². The molecule has 0 aromatic heterocycles. The van der Waals surface area contributed by atoms with Crippen LogP contribution in [0.1, 0.15) is 6.92 Å². The highest BCUT2D eigenvalue weighted by Crippen LogP contribution is 2.18. The zero-order valence-electron chi connectivity index (χ0n) is 15.0. The highest BCUT2D eigenvalue weighted by molar-refractivity contribution is 7.80. The molecule has 0 bridgehead atoms. The van der Waals surface area contributed by atoms with Gasteiger partial charge in [-0.1, -0.05) is 18.7 Å². The summed E-state index contributed by atoms with van der Waals surface area (Å²) in [6, 6.07) is 15.1. The summed E-state index contributed by atoms with van der Waals surface area (Å²) in [4.78, 5) is 0. The summed E-state index contributed by atoms with van der Waals surface area (Å²) >= 11 is 5.36. The molecule has 0 fully saturated rings. The van der Waals surface area contributed by atoms with Crippen molar-refractivity contribution < 1.29 is 14.2 Å². The molecule has 138 valence electrons. The average molecular weight is 372 g/mol. The molecule has 0 saturated heterocycles. The maximum Gasteiger partial charge on any atom is 0.171 e. The van der Waals surface area contributed by atoms with E-state index in [9.17, 15) is 0 Å². The van der Waals surface area contributed by atoms with Crippen molar-refractivity contribution in [2.75, 3.05) is 25.6 Å². The lowest BCUT2D eigenvalue weighted by molar-refractivity contribution is 0.286. The number of methoxy groups -OCH3 is 1. The fourth-order valence-corrected chi connectivity index (χ4v) is 2.46. The molecule has 2 N–H and O–H groups in total. The average Bonchev–Trinajstić information content (AvgIpc) is 2.65. The van der Waals surface area contributed by atoms with E-state index in [1.807, 2.05) is 55.5 Å². The van der Waals surface area contributed by atoms with Crippen LogP contribution in [-0.2, 0) is 0 Å². The number of anilines is 1. The van der Waals surface area contributed by atoms with Crippen LogP contribution in [0.15, 0.2) is 61.2 Å². The Labute approximate surface area is 160 Å². The third kappa shape index (κ3) is 6.64. The van der Waals surface area contributed by atoms with Crippen molar-refractivity contribution in [3.63, 3.8) is 0 Å². The molecular formula is C20H24N2O3S. The summed E-state index contributed by atoms with van der Waals surface area (Å²) in [5.41, 5.74) is 0.854. The minimum Gasteiger partial charge on any atom is -0.497 e. The molecule has 2 aromatic carbocycles. The Balaban J connectivity index is 1.78. The molecule has 0 aliphatic heterocycles. The van der Waals surface area contributed by atoms with Gasteiger partial charge in [0.2, 0.25) is 0 Å². The van der Waals surface area contributed by atoms with E-state index in [2.05, 4.69) is 17.2 Å². The zero-order valence-corrected chi connectivity index (χ0v) is 15.8. The van der Waals surface area contributed by atoms with Crippen molar-refractivity contribution in [1.29, 1.82) is 0 Å². The maximum absolute atomic E-state index is 5.75. The van der Waals surface area contributed by atoms with Gasteiger partial charge < -0.3 is 24.8 Å². The highest BCUT2D eigenvalue weighted by Gasteiger charge is 2.06. The fraction of sp³-hybridized carbons (Fsp3) is 0.250. The highest BCUT2D eigenvalue weighted by atomic mass is 32.1. The monoisotopic (exact) mass is 372 g/mol. The molecule has 0 saturated carbocycles. The van der Waals surface area contributed by atoms with Crippen molar-refractivity contribution in [2.24, 2.45) is 0 Å². The second-order valence-corrected chi connectivity index (χ2v) is 6.02. The largest absolute Gasteiger partial charge is 0.497 e. The first-order chi connectivity index (χ1) is 12.6. The fourth-order valence-electron chi connectivity index (χ4n) is 2.14. The van der Waals surface area contributed by atoms with Crippen LogP contribution in [0.25, 0.3) is 0 Å². The Morgan fingerprint density at radius 3 is 2.54 bits per heavy atom. The lowest BCUT2D eigenvalue weighted by atomic mass is 10.3. The lowest BCUT2D eigenvalue weighted by Gasteiger charge is -2.18. The third-order valence-electron chi connectivity index (χ3n) is 3.40. The Morgan fingerprint density at radius 1 is 1.12 bits per heavy atom. The van der Waals surface area contributed by atoms with Gasteiger partial charge in [-0.05, 0) is 55.5 Å². The molecule has 0 radical (unpaired) electrons. The molecule has 0 aliphatic rings. The van der Waals surface area contributed by atoms with E-state index in [1.54, 1.807) is 13.2 Å². The molecule has 0 amide bonds. The normalized spacial score (nSPS) is 11.2. The molecule has 0 aliphatic carbocycles. The number of hydrogen-bond donors (Lipinski definition) is 2. The molecule has 6 heteroatoms. The molecule has 2 rings (SSSR count). The smallest absolute Gasteiger partial charge is 0.171 e. The van der Waals surface area contributed by atoms with E-state index in [0.717, 1.165) is 22.9 Å². The van der Waals surface area contributed by atoms with E-state index in [0.29, 0.717) is 18.3 Å². The van der Waals surface area contributed by atoms with Crippen LogP contribution in [0, 0.1) is 0 Å². The topological polar surface area (TPSA) is 51.8 Å². The second kappa shape index (κ2) is 10.3. The minimum atomic E-state index is 0.0392. The first-order valence-corrected chi connectivity index (χ1v) is 8.69. The van der Waals surface area contributed by atoms with Gasteiger partial charge in [0.25, 0.3) is 0 Å². The van der Waals surface area contributed by atoms with Crippen LogP contribution < -0.4 is 24.8 Å². The summed E-state index contributed by atoms with van der Waals surface area (Å²) < 4.78 is 16.4. The van der Waals surface area contributed by atoms with Crippen LogP contribution in [-0.4, -0.2) is 31.5 Å². The summed E-state index contributed by atoms with van der Waals surface area (Å²) in [5, 5.41) is 6.87. The van der Waals surface area contributed by atoms with Crippen molar-refractivity contribution in [2.45, 2.75) is 13.0 Å². The molecule has 0 unspecified atom stereocenters. The standard InChI is InChI=1S/C20H24N2O3S/c1-4-12-24-19-7-5-6-16(13-19)22-20(26)21-15(2)14-25-18-10-8-17(23-3)9-11-18/h4-11,13,15H,1,12,14H2,2-3H3,(H2,21,22,26)/t15-/m1/s1. The molecule has 0 heterocycles. The molecule has 5 nitrogen and oxygen atoms in total. The van der Waals surface area contributed by atoms with Crippen LogP contribution in [0.3, 0.4) is 0 Å². The van der Waals surface area contributed by atoms with E-state index < -0.39 is 0 Å². The Hall–Kier alpha value is -2.73. The number of thiocarbonyl (C=S) groups is 1. The van der Waals surface area contributed by atoms with Gasteiger partial charge in [0.1, 0.15) is 30.5 Å². The van der Waals surface area contributed by atoms with Crippen molar-refractivity contribution in [3.05, 3.63) is 61.2 Å². The van der Waals surface area contributed by atoms with Crippen molar-refractivity contribution in [1.82, 2.24) is 5.32 Å².